The third kappa shape index (κ3) is 5.94. The van der Waals surface area contributed by atoms with Crippen LogP contribution in [0.2, 0.25) is 0 Å². The average molecular weight is 202 g/mol. The summed E-state index contributed by atoms with van der Waals surface area (Å²) in [5.74, 6) is 0.0803. The normalized spacial score (nSPS) is 15.5. The molecule has 0 aromatic carbocycles. The van der Waals surface area contributed by atoms with Crippen molar-refractivity contribution < 1.29 is 9.53 Å². The van der Waals surface area contributed by atoms with Crippen LogP contribution in [-0.4, -0.2) is 24.7 Å². The maximum atomic E-state index is 10.8. The molecule has 0 saturated carbocycles. The van der Waals surface area contributed by atoms with Gasteiger partial charge in [0.05, 0.1) is 5.54 Å². The van der Waals surface area contributed by atoms with Gasteiger partial charge in [0.2, 0.25) is 5.91 Å². The molecule has 0 aromatic heterocycles. The summed E-state index contributed by atoms with van der Waals surface area (Å²) in [5.41, 5.74) is 9.90. The first-order chi connectivity index (χ1) is 6.36. The Labute approximate surface area is 86.0 Å². The smallest absolute Gasteiger partial charge is 0.237 e. The summed E-state index contributed by atoms with van der Waals surface area (Å²) in [4.78, 5) is 10.8. The average Bonchev–Trinajstić information content (AvgIpc) is 2.02. The van der Waals surface area contributed by atoms with E-state index in [1.54, 1.807) is 6.92 Å². The topological polar surface area (TPSA) is 78.3 Å². The van der Waals surface area contributed by atoms with Crippen molar-refractivity contribution >= 4 is 5.91 Å². The van der Waals surface area contributed by atoms with Gasteiger partial charge in [-0.3, -0.25) is 4.79 Å². The molecule has 1 amide bonds. The molecule has 0 heterocycles. The van der Waals surface area contributed by atoms with Crippen molar-refractivity contribution in [2.24, 2.45) is 17.4 Å². The zero-order valence-corrected chi connectivity index (χ0v) is 9.38. The Bertz CT molecular complexity index is 179. The summed E-state index contributed by atoms with van der Waals surface area (Å²) in [5, 5.41) is 0. The van der Waals surface area contributed by atoms with E-state index in [4.69, 9.17) is 16.2 Å². The Morgan fingerprint density at radius 1 is 1.50 bits per heavy atom. The predicted octanol–water partition coefficient (Wildman–Crippen LogP) is 0.642. The van der Waals surface area contributed by atoms with E-state index in [1.807, 2.05) is 0 Å². The monoisotopic (exact) mass is 202 g/mol. The molecule has 1 atom stereocenters. The summed E-state index contributed by atoms with van der Waals surface area (Å²) in [6, 6.07) is 0. The number of hydrogen-bond acceptors (Lipinski definition) is 3. The van der Waals surface area contributed by atoms with Crippen LogP contribution in [-0.2, 0) is 9.53 Å². The third-order valence-electron chi connectivity index (χ3n) is 2.00. The molecular weight excluding hydrogens is 180 g/mol. The number of primary amides is 1. The van der Waals surface area contributed by atoms with Gasteiger partial charge in [0, 0.05) is 13.2 Å². The lowest BCUT2D eigenvalue weighted by molar-refractivity contribution is -0.122. The number of rotatable bonds is 7. The van der Waals surface area contributed by atoms with Gasteiger partial charge in [-0.2, -0.15) is 0 Å². The second-order valence-corrected chi connectivity index (χ2v) is 4.35. The minimum atomic E-state index is -0.902. The highest BCUT2D eigenvalue weighted by molar-refractivity contribution is 5.83. The number of ether oxygens (including phenoxy) is 1. The van der Waals surface area contributed by atoms with E-state index >= 15 is 0 Å². The van der Waals surface area contributed by atoms with Crippen LogP contribution in [0.5, 0.6) is 0 Å². The van der Waals surface area contributed by atoms with Gasteiger partial charge in [0.25, 0.3) is 0 Å². The molecule has 0 aliphatic heterocycles. The van der Waals surface area contributed by atoms with E-state index < -0.39 is 11.4 Å². The summed E-state index contributed by atoms with van der Waals surface area (Å²) in [6.45, 7) is 7.22. The van der Waals surface area contributed by atoms with Crippen LogP contribution in [0.3, 0.4) is 0 Å². The number of nitrogens with two attached hydrogens (primary N) is 2. The molecule has 0 fully saturated rings. The third-order valence-corrected chi connectivity index (χ3v) is 2.00. The van der Waals surface area contributed by atoms with Gasteiger partial charge in [0.1, 0.15) is 0 Å². The molecule has 0 aliphatic carbocycles. The summed E-state index contributed by atoms with van der Waals surface area (Å²) in [7, 11) is 0. The van der Waals surface area contributed by atoms with Crippen LogP contribution in [0, 0.1) is 5.92 Å². The Balaban J connectivity index is 3.49. The molecule has 0 saturated heterocycles. The van der Waals surface area contributed by atoms with Crippen LogP contribution < -0.4 is 11.5 Å². The van der Waals surface area contributed by atoms with Gasteiger partial charge in [-0.25, -0.2) is 0 Å². The molecule has 4 heteroatoms. The fourth-order valence-electron chi connectivity index (χ4n) is 0.984. The van der Waals surface area contributed by atoms with Crippen LogP contribution >= 0.6 is 0 Å². The number of carbonyl (C=O) groups is 1. The highest BCUT2D eigenvalue weighted by atomic mass is 16.5. The Morgan fingerprint density at radius 2 is 2.07 bits per heavy atom. The van der Waals surface area contributed by atoms with E-state index in [9.17, 15) is 4.79 Å². The van der Waals surface area contributed by atoms with Crippen molar-refractivity contribution in [1.82, 2.24) is 0 Å². The quantitative estimate of drug-likeness (QED) is 0.595. The van der Waals surface area contributed by atoms with E-state index in [2.05, 4.69) is 13.8 Å². The van der Waals surface area contributed by atoms with Gasteiger partial charge in [0.15, 0.2) is 0 Å². The lowest BCUT2D eigenvalue weighted by atomic mass is 9.97. The summed E-state index contributed by atoms with van der Waals surface area (Å²) < 4.78 is 5.36. The molecule has 0 rings (SSSR count). The molecule has 0 spiro atoms. The van der Waals surface area contributed by atoms with Crippen molar-refractivity contribution in [3.63, 3.8) is 0 Å². The van der Waals surface area contributed by atoms with Crippen LogP contribution in [0.1, 0.15) is 33.6 Å². The first kappa shape index (κ1) is 13.4. The number of hydrogen-bond donors (Lipinski definition) is 2. The minimum Gasteiger partial charge on any atom is -0.381 e. The Morgan fingerprint density at radius 3 is 2.50 bits per heavy atom. The highest BCUT2D eigenvalue weighted by Gasteiger charge is 2.24. The largest absolute Gasteiger partial charge is 0.381 e. The van der Waals surface area contributed by atoms with E-state index in [-0.39, 0.29) is 0 Å². The van der Waals surface area contributed by atoms with Crippen molar-refractivity contribution in [3.8, 4) is 0 Å². The Hall–Kier alpha value is -0.610. The van der Waals surface area contributed by atoms with Crippen LogP contribution in [0.25, 0.3) is 0 Å². The molecule has 4 nitrogen and oxygen atoms in total. The molecule has 0 aromatic rings. The number of carbonyl (C=O) groups excluding carboxylic acids is 1. The minimum absolute atomic E-state index is 0.457. The standard InChI is InChI=1S/C10H22N2O2/c1-8(2)7-14-6-4-5-10(3,12)9(11)13/h8H,4-7,12H2,1-3H3,(H2,11,13). The lowest BCUT2D eigenvalue weighted by Gasteiger charge is -2.20. The van der Waals surface area contributed by atoms with Gasteiger partial charge in [-0.05, 0) is 25.7 Å². The zero-order valence-electron chi connectivity index (χ0n) is 9.38. The molecule has 4 N–H and O–H groups in total. The second-order valence-electron chi connectivity index (χ2n) is 4.35. The fraction of sp³-hybridized carbons (Fsp3) is 0.900. The molecule has 0 radical (unpaired) electrons. The first-order valence-corrected chi connectivity index (χ1v) is 5.03. The van der Waals surface area contributed by atoms with Crippen molar-refractivity contribution in [3.05, 3.63) is 0 Å². The Kier molecular flexibility index (Phi) is 5.72. The van der Waals surface area contributed by atoms with Crippen molar-refractivity contribution in [1.29, 1.82) is 0 Å². The molecule has 14 heavy (non-hydrogen) atoms. The van der Waals surface area contributed by atoms with Gasteiger partial charge in [-0.15, -0.1) is 0 Å². The lowest BCUT2D eigenvalue weighted by Crippen LogP contribution is -2.49. The van der Waals surface area contributed by atoms with Crippen LogP contribution in [0.15, 0.2) is 0 Å². The highest BCUT2D eigenvalue weighted by Crippen LogP contribution is 2.08. The number of amides is 1. The van der Waals surface area contributed by atoms with Crippen molar-refractivity contribution in [2.75, 3.05) is 13.2 Å². The molecule has 0 aliphatic rings. The predicted molar refractivity (Wildman–Crippen MR) is 56.7 cm³/mol. The van der Waals surface area contributed by atoms with Gasteiger partial charge >= 0.3 is 0 Å². The maximum absolute atomic E-state index is 10.8. The molecule has 84 valence electrons. The van der Waals surface area contributed by atoms with E-state index in [0.29, 0.717) is 18.9 Å². The molecule has 1 unspecified atom stereocenters. The second kappa shape index (κ2) is 5.98. The van der Waals surface area contributed by atoms with Gasteiger partial charge < -0.3 is 16.2 Å². The van der Waals surface area contributed by atoms with Crippen LogP contribution in [0.4, 0.5) is 0 Å². The SMILES string of the molecule is CC(C)COCCCC(C)(N)C(N)=O. The van der Waals surface area contributed by atoms with Crippen molar-refractivity contribution in [2.45, 2.75) is 39.2 Å². The first-order valence-electron chi connectivity index (χ1n) is 5.03. The fourth-order valence-corrected chi connectivity index (χ4v) is 0.984. The summed E-state index contributed by atoms with van der Waals surface area (Å²) >= 11 is 0. The molecular formula is C10H22N2O2. The maximum Gasteiger partial charge on any atom is 0.237 e. The van der Waals surface area contributed by atoms with E-state index in [1.165, 1.54) is 0 Å². The molecule has 0 bridgehead atoms. The summed E-state index contributed by atoms with van der Waals surface area (Å²) in [6.07, 6.45) is 1.34. The van der Waals surface area contributed by atoms with Gasteiger partial charge in [-0.1, -0.05) is 13.8 Å². The van der Waals surface area contributed by atoms with E-state index in [0.717, 1.165) is 13.0 Å². The zero-order chi connectivity index (χ0) is 11.2.